The van der Waals surface area contributed by atoms with Crippen molar-refractivity contribution in [1.29, 1.82) is 0 Å². The molecule has 15 heavy (non-hydrogen) atoms. The van der Waals surface area contributed by atoms with Gasteiger partial charge in [0.05, 0.1) is 0 Å². The second kappa shape index (κ2) is 3.87. The molecule has 1 aromatic carbocycles. The van der Waals surface area contributed by atoms with Crippen LogP contribution in [0.5, 0.6) is 0 Å². The van der Waals surface area contributed by atoms with E-state index in [4.69, 9.17) is 4.52 Å². The molecule has 0 saturated carbocycles. The Balaban J connectivity index is 2.37. The van der Waals surface area contributed by atoms with Gasteiger partial charge in [-0.05, 0) is 19.9 Å². The number of hydrogen-bond donors (Lipinski definition) is 1. The molecular weight excluding hydrogens is 190 g/mol. The molecule has 0 amide bonds. The predicted octanol–water partition coefficient (Wildman–Crippen LogP) is 2.70. The van der Waals surface area contributed by atoms with E-state index in [1.807, 2.05) is 31.2 Å². The summed E-state index contributed by atoms with van der Waals surface area (Å²) in [5.41, 5.74) is 2.94. The standard InChI is InChI=1S/C12H13NO2/c1-8-4-3-5-10(6-8)11-7-12(9(2)14)15-13-11/h3-7,9,14H,1-2H3. The Morgan fingerprint density at radius 3 is 2.73 bits per heavy atom. The number of aliphatic hydroxyl groups is 1. The zero-order valence-corrected chi connectivity index (χ0v) is 8.77. The van der Waals surface area contributed by atoms with E-state index in [0.717, 1.165) is 11.3 Å². The topological polar surface area (TPSA) is 46.3 Å². The van der Waals surface area contributed by atoms with Crippen LogP contribution in [-0.4, -0.2) is 10.3 Å². The molecular formula is C12H13NO2. The smallest absolute Gasteiger partial charge is 0.165 e. The normalized spacial score (nSPS) is 12.7. The van der Waals surface area contributed by atoms with E-state index in [2.05, 4.69) is 5.16 Å². The van der Waals surface area contributed by atoms with Crippen LogP contribution in [0.4, 0.5) is 0 Å². The van der Waals surface area contributed by atoms with Crippen LogP contribution in [0.15, 0.2) is 34.9 Å². The largest absolute Gasteiger partial charge is 0.385 e. The molecule has 0 aliphatic rings. The highest BCUT2D eigenvalue weighted by Crippen LogP contribution is 2.22. The first-order valence-corrected chi connectivity index (χ1v) is 4.88. The van der Waals surface area contributed by atoms with Crippen LogP contribution in [0.3, 0.4) is 0 Å². The molecule has 0 aliphatic heterocycles. The van der Waals surface area contributed by atoms with Gasteiger partial charge in [0, 0.05) is 11.6 Å². The molecule has 3 nitrogen and oxygen atoms in total. The van der Waals surface area contributed by atoms with Crippen molar-refractivity contribution in [1.82, 2.24) is 5.16 Å². The molecule has 3 heteroatoms. The van der Waals surface area contributed by atoms with E-state index in [1.165, 1.54) is 5.56 Å². The maximum atomic E-state index is 9.30. The number of benzene rings is 1. The number of aliphatic hydroxyl groups excluding tert-OH is 1. The summed E-state index contributed by atoms with van der Waals surface area (Å²) >= 11 is 0. The first-order valence-electron chi connectivity index (χ1n) is 4.88. The lowest BCUT2D eigenvalue weighted by Gasteiger charge is -1.96. The monoisotopic (exact) mass is 203 g/mol. The molecule has 0 bridgehead atoms. The zero-order valence-electron chi connectivity index (χ0n) is 8.77. The third kappa shape index (κ3) is 2.07. The quantitative estimate of drug-likeness (QED) is 0.816. The molecule has 1 N–H and O–H groups in total. The molecule has 0 aliphatic carbocycles. The molecule has 78 valence electrons. The Labute approximate surface area is 88.3 Å². The molecule has 0 spiro atoms. The van der Waals surface area contributed by atoms with Crippen molar-refractivity contribution in [2.24, 2.45) is 0 Å². The van der Waals surface area contributed by atoms with Crippen LogP contribution in [0.25, 0.3) is 11.3 Å². The minimum Gasteiger partial charge on any atom is -0.385 e. The molecule has 1 heterocycles. The molecule has 1 aromatic heterocycles. The van der Waals surface area contributed by atoms with Gasteiger partial charge in [0.25, 0.3) is 0 Å². The summed E-state index contributed by atoms with van der Waals surface area (Å²) < 4.78 is 5.02. The third-order valence-electron chi connectivity index (χ3n) is 2.25. The second-order valence-corrected chi connectivity index (χ2v) is 3.66. The molecule has 2 rings (SSSR count). The third-order valence-corrected chi connectivity index (χ3v) is 2.25. The van der Waals surface area contributed by atoms with Crippen LogP contribution in [0.2, 0.25) is 0 Å². The van der Waals surface area contributed by atoms with Crippen LogP contribution >= 0.6 is 0 Å². The van der Waals surface area contributed by atoms with Gasteiger partial charge in [0.1, 0.15) is 11.8 Å². The van der Waals surface area contributed by atoms with Crippen molar-refractivity contribution in [2.75, 3.05) is 0 Å². The van der Waals surface area contributed by atoms with Gasteiger partial charge in [-0.25, -0.2) is 0 Å². The lowest BCUT2D eigenvalue weighted by atomic mass is 10.1. The number of aromatic nitrogens is 1. The average molecular weight is 203 g/mol. The molecule has 2 aromatic rings. The van der Waals surface area contributed by atoms with E-state index in [-0.39, 0.29) is 0 Å². The highest BCUT2D eigenvalue weighted by atomic mass is 16.5. The van der Waals surface area contributed by atoms with Crippen molar-refractivity contribution in [3.05, 3.63) is 41.7 Å². The van der Waals surface area contributed by atoms with Gasteiger partial charge < -0.3 is 9.63 Å². The molecule has 1 unspecified atom stereocenters. The summed E-state index contributed by atoms with van der Waals surface area (Å²) in [6, 6.07) is 9.76. The minimum atomic E-state index is -0.615. The zero-order chi connectivity index (χ0) is 10.8. The lowest BCUT2D eigenvalue weighted by Crippen LogP contribution is -1.85. The summed E-state index contributed by atoms with van der Waals surface area (Å²) in [5.74, 6) is 0.492. The number of nitrogens with zero attached hydrogens (tertiary/aromatic N) is 1. The maximum absolute atomic E-state index is 9.30. The minimum absolute atomic E-state index is 0.492. The van der Waals surface area contributed by atoms with Crippen molar-refractivity contribution in [3.8, 4) is 11.3 Å². The average Bonchev–Trinajstić information content (AvgIpc) is 2.66. The Morgan fingerprint density at radius 2 is 2.13 bits per heavy atom. The van der Waals surface area contributed by atoms with E-state index in [9.17, 15) is 5.11 Å². The summed E-state index contributed by atoms with van der Waals surface area (Å²) in [4.78, 5) is 0. The maximum Gasteiger partial charge on any atom is 0.165 e. The van der Waals surface area contributed by atoms with Gasteiger partial charge in [-0.1, -0.05) is 28.9 Å². The molecule has 1 atom stereocenters. The summed E-state index contributed by atoms with van der Waals surface area (Å²) in [7, 11) is 0. The number of aryl methyl sites for hydroxylation is 1. The van der Waals surface area contributed by atoms with E-state index in [1.54, 1.807) is 13.0 Å². The van der Waals surface area contributed by atoms with Crippen molar-refractivity contribution in [3.63, 3.8) is 0 Å². The van der Waals surface area contributed by atoms with Crippen LogP contribution in [-0.2, 0) is 0 Å². The van der Waals surface area contributed by atoms with Gasteiger partial charge in [-0.15, -0.1) is 0 Å². The fourth-order valence-electron chi connectivity index (χ4n) is 1.43. The first kappa shape index (κ1) is 9.93. The fourth-order valence-corrected chi connectivity index (χ4v) is 1.43. The van der Waals surface area contributed by atoms with Gasteiger partial charge in [0.2, 0.25) is 0 Å². The van der Waals surface area contributed by atoms with Crippen molar-refractivity contribution >= 4 is 0 Å². The van der Waals surface area contributed by atoms with Gasteiger partial charge in [-0.2, -0.15) is 0 Å². The summed E-state index contributed by atoms with van der Waals surface area (Å²) in [5, 5.41) is 13.2. The van der Waals surface area contributed by atoms with E-state index < -0.39 is 6.10 Å². The van der Waals surface area contributed by atoms with Gasteiger partial charge in [0.15, 0.2) is 5.76 Å². The summed E-state index contributed by atoms with van der Waals surface area (Å²) in [6.45, 7) is 3.68. The fraction of sp³-hybridized carbons (Fsp3) is 0.250. The number of rotatable bonds is 2. The Bertz CT molecular complexity index is 460. The Morgan fingerprint density at radius 1 is 1.33 bits per heavy atom. The molecule has 0 saturated heterocycles. The van der Waals surface area contributed by atoms with Crippen LogP contribution in [0, 0.1) is 6.92 Å². The van der Waals surface area contributed by atoms with E-state index in [0.29, 0.717) is 5.76 Å². The highest BCUT2D eigenvalue weighted by Gasteiger charge is 2.10. The van der Waals surface area contributed by atoms with E-state index >= 15 is 0 Å². The lowest BCUT2D eigenvalue weighted by molar-refractivity contribution is 0.158. The van der Waals surface area contributed by atoms with Crippen LogP contribution in [0.1, 0.15) is 24.4 Å². The van der Waals surface area contributed by atoms with Crippen molar-refractivity contribution < 1.29 is 9.63 Å². The SMILES string of the molecule is Cc1cccc(-c2cc(C(C)O)on2)c1. The van der Waals surface area contributed by atoms with Crippen molar-refractivity contribution in [2.45, 2.75) is 20.0 Å². The first-order chi connectivity index (χ1) is 7.16. The highest BCUT2D eigenvalue weighted by molar-refractivity contribution is 5.59. The summed E-state index contributed by atoms with van der Waals surface area (Å²) in [6.07, 6.45) is -0.615. The van der Waals surface area contributed by atoms with Crippen LogP contribution < -0.4 is 0 Å². The Kier molecular flexibility index (Phi) is 2.56. The molecule has 0 radical (unpaired) electrons. The predicted molar refractivity (Wildman–Crippen MR) is 57.3 cm³/mol. The second-order valence-electron chi connectivity index (χ2n) is 3.66. The van der Waals surface area contributed by atoms with Gasteiger partial charge >= 0.3 is 0 Å². The number of hydrogen-bond acceptors (Lipinski definition) is 3. The molecule has 0 fully saturated rings. The van der Waals surface area contributed by atoms with Gasteiger partial charge in [-0.3, -0.25) is 0 Å². The Hall–Kier alpha value is -1.61.